The standard InChI is InChI=1S/C12H11F3N8O/c1-6(9-21-18-5-23(9)2)19-11-16-3-7(4-17-11)8-20-10(24-22-8)12(13,14)15/h3-6H,1-2H3,(H,16,17,19). The molecule has 12 heteroatoms. The van der Waals surface area contributed by atoms with Crippen molar-refractivity contribution in [2.75, 3.05) is 5.32 Å². The summed E-state index contributed by atoms with van der Waals surface area (Å²) in [5.41, 5.74) is 0.200. The molecule has 9 nitrogen and oxygen atoms in total. The van der Waals surface area contributed by atoms with Gasteiger partial charge in [0.25, 0.3) is 0 Å². The molecule has 0 aliphatic heterocycles. The second-order valence-corrected chi connectivity index (χ2v) is 4.88. The van der Waals surface area contributed by atoms with Crippen LogP contribution in [-0.2, 0) is 13.2 Å². The maximum Gasteiger partial charge on any atom is 0.471 e. The average molecular weight is 340 g/mol. The Labute approximate surface area is 133 Å². The molecule has 3 heterocycles. The fraction of sp³-hybridized carbons (Fsp3) is 0.333. The van der Waals surface area contributed by atoms with Crippen LogP contribution in [0.2, 0.25) is 0 Å². The van der Waals surface area contributed by atoms with Gasteiger partial charge in [0, 0.05) is 19.4 Å². The van der Waals surface area contributed by atoms with Crippen LogP contribution >= 0.6 is 0 Å². The zero-order valence-corrected chi connectivity index (χ0v) is 12.5. The van der Waals surface area contributed by atoms with Gasteiger partial charge in [-0.2, -0.15) is 18.2 Å². The van der Waals surface area contributed by atoms with Crippen molar-refractivity contribution in [3.8, 4) is 11.4 Å². The van der Waals surface area contributed by atoms with E-state index in [1.54, 1.807) is 17.9 Å². The van der Waals surface area contributed by atoms with E-state index in [1.165, 1.54) is 12.4 Å². The number of halogens is 3. The van der Waals surface area contributed by atoms with Gasteiger partial charge in [0.2, 0.25) is 11.8 Å². The Morgan fingerprint density at radius 2 is 1.96 bits per heavy atom. The highest BCUT2D eigenvalue weighted by Crippen LogP contribution is 2.29. The highest BCUT2D eigenvalue weighted by Gasteiger charge is 2.38. The van der Waals surface area contributed by atoms with Crippen molar-refractivity contribution in [2.45, 2.75) is 19.1 Å². The fourth-order valence-corrected chi connectivity index (χ4v) is 1.92. The van der Waals surface area contributed by atoms with Crippen LogP contribution in [0.1, 0.15) is 24.7 Å². The highest BCUT2D eigenvalue weighted by atomic mass is 19.4. The molecule has 24 heavy (non-hydrogen) atoms. The molecular formula is C12H11F3N8O. The predicted molar refractivity (Wildman–Crippen MR) is 73.4 cm³/mol. The van der Waals surface area contributed by atoms with E-state index in [2.05, 4.69) is 40.1 Å². The van der Waals surface area contributed by atoms with Gasteiger partial charge in [0.15, 0.2) is 5.82 Å². The van der Waals surface area contributed by atoms with Crippen LogP contribution in [0.5, 0.6) is 0 Å². The van der Waals surface area contributed by atoms with Crippen molar-refractivity contribution >= 4 is 5.95 Å². The Balaban J connectivity index is 1.74. The molecule has 1 N–H and O–H groups in total. The molecule has 0 radical (unpaired) electrons. The highest BCUT2D eigenvalue weighted by molar-refractivity contribution is 5.52. The molecular weight excluding hydrogens is 329 g/mol. The molecule has 1 unspecified atom stereocenters. The topological polar surface area (TPSA) is 107 Å². The summed E-state index contributed by atoms with van der Waals surface area (Å²) in [6.07, 6.45) is -0.543. The zero-order chi connectivity index (χ0) is 17.3. The molecule has 0 aliphatic carbocycles. The van der Waals surface area contributed by atoms with Crippen LogP contribution in [0, 0.1) is 0 Å². The Bertz CT molecular complexity index is 825. The van der Waals surface area contributed by atoms with Crippen molar-refractivity contribution in [3.63, 3.8) is 0 Å². The van der Waals surface area contributed by atoms with Crippen molar-refractivity contribution < 1.29 is 17.7 Å². The van der Waals surface area contributed by atoms with Crippen molar-refractivity contribution in [1.82, 2.24) is 34.9 Å². The van der Waals surface area contributed by atoms with Crippen LogP contribution in [0.15, 0.2) is 23.2 Å². The lowest BCUT2D eigenvalue weighted by Gasteiger charge is -2.12. The molecule has 0 saturated carbocycles. The molecule has 3 rings (SSSR count). The maximum absolute atomic E-state index is 12.4. The van der Waals surface area contributed by atoms with Gasteiger partial charge in [-0.15, -0.1) is 10.2 Å². The normalized spacial score (nSPS) is 13.0. The van der Waals surface area contributed by atoms with Crippen LogP contribution in [0.25, 0.3) is 11.4 Å². The minimum atomic E-state index is -4.70. The second-order valence-electron chi connectivity index (χ2n) is 4.88. The van der Waals surface area contributed by atoms with Gasteiger partial charge >= 0.3 is 12.1 Å². The number of nitrogens with one attached hydrogen (secondary N) is 1. The van der Waals surface area contributed by atoms with Gasteiger partial charge in [-0.05, 0) is 6.92 Å². The van der Waals surface area contributed by atoms with E-state index in [-0.39, 0.29) is 23.4 Å². The van der Waals surface area contributed by atoms with Gasteiger partial charge in [0.05, 0.1) is 11.6 Å². The molecule has 3 aromatic heterocycles. The largest absolute Gasteiger partial charge is 0.471 e. The van der Waals surface area contributed by atoms with Gasteiger partial charge in [-0.3, -0.25) is 0 Å². The van der Waals surface area contributed by atoms with E-state index in [0.717, 1.165) is 0 Å². The molecule has 0 amide bonds. The molecule has 0 fully saturated rings. The number of aromatic nitrogens is 7. The molecule has 0 saturated heterocycles. The Hall–Kier alpha value is -3.05. The Kier molecular flexibility index (Phi) is 3.87. The lowest BCUT2D eigenvalue weighted by molar-refractivity contribution is -0.159. The summed E-state index contributed by atoms with van der Waals surface area (Å²) in [6.45, 7) is 1.84. The van der Waals surface area contributed by atoms with Gasteiger partial charge in [-0.1, -0.05) is 5.16 Å². The Morgan fingerprint density at radius 1 is 1.25 bits per heavy atom. The summed E-state index contributed by atoms with van der Waals surface area (Å²) >= 11 is 0. The summed E-state index contributed by atoms with van der Waals surface area (Å²) in [7, 11) is 1.80. The number of aryl methyl sites for hydroxylation is 1. The summed E-state index contributed by atoms with van der Waals surface area (Å²) in [5.74, 6) is -0.713. The fourth-order valence-electron chi connectivity index (χ4n) is 1.92. The third-order valence-electron chi connectivity index (χ3n) is 3.06. The SMILES string of the molecule is CC(Nc1ncc(-c2noc(C(F)(F)F)n2)cn1)c1nncn1C. The number of nitrogens with zero attached hydrogens (tertiary/aromatic N) is 7. The number of anilines is 1. The molecule has 0 bridgehead atoms. The minimum Gasteiger partial charge on any atom is -0.344 e. The summed E-state index contributed by atoms with van der Waals surface area (Å²) in [4.78, 5) is 11.3. The number of hydrogen-bond donors (Lipinski definition) is 1. The zero-order valence-electron chi connectivity index (χ0n) is 12.5. The minimum absolute atomic E-state index is 0.200. The summed E-state index contributed by atoms with van der Waals surface area (Å²) in [6, 6.07) is -0.217. The first-order valence-electron chi connectivity index (χ1n) is 6.68. The van der Waals surface area contributed by atoms with Gasteiger partial charge in [-0.25, -0.2) is 9.97 Å². The number of rotatable bonds is 4. The van der Waals surface area contributed by atoms with E-state index < -0.39 is 12.1 Å². The average Bonchev–Trinajstić information content (AvgIpc) is 3.16. The monoisotopic (exact) mass is 340 g/mol. The number of alkyl halides is 3. The Morgan fingerprint density at radius 3 is 2.50 bits per heavy atom. The quantitative estimate of drug-likeness (QED) is 0.767. The van der Waals surface area contributed by atoms with Crippen LogP contribution < -0.4 is 5.32 Å². The van der Waals surface area contributed by atoms with Crippen LogP contribution in [0.4, 0.5) is 19.1 Å². The van der Waals surface area contributed by atoms with Crippen molar-refractivity contribution in [1.29, 1.82) is 0 Å². The van der Waals surface area contributed by atoms with Crippen molar-refractivity contribution in [3.05, 3.63) is 30.4 Å². The molecule has 0 aliphatic rings. The first kappa shape index (κ1) is 15.8. The maximum atomic E-state index is 12.4. The van der Waals surface area contributed by atoms with Crippen molar-refractivity contribution in [2.24, 2.45) is 7.05 Å². The van der Waals surface area contributed by atoms with Gasteiger partial charge < -0.3 is 14.4 Å². The molecule has 0 spiro atoms. The summed E-state index contributed by atoms with van der Waals surface area (Å²) < 4.78 is 43.2. The lowest BCUT2D eigenvalue weighted by Crippen LogP contribution is -2.13. The van der Waals surface area contributed by atoms with E-state index >= 15 is 0 Å². The van der Waals surface area contributed by atoms with E-state index in [1.807, 2.05) is 6.92 Å². The summed E-state index contributed by atoms with van der Waals surface area (Å²) in [5, 5.41) is 14.0. The molecule has 1 atom stereocenters. The van der Waals surface area contributed by atoms with Crippen LogP contribution in [-0.4, -0.2) is 34.9 Å². The molecule has 0 aromatic carbocycles. The first-order chi connectivity index (χ1) is 11.3. The third-order valence-corrected chi connectivity index (χ3v) is 3.06. The third kappa shape index (κ3) is 3.16. The number of hydrogen-bond acceptors (Lipinski definition) is 8. The molecule has 3 aromatic rings. The second kappa shape index (κ2) is 5.86. The van der Waals surface area contributed by atoms with E-state index in [9.17, 15) is 13.2 Å². The lowest BCUT2D eigenvalue weighted by atomic mass is 10.3. The van der Waals surface area contributed by atoms with Gasteiger partial charge in [0.1, 0.15) is 6.33 Å². The van der Waals surface area contributed by atoms with E-state index in [4.69, 9.17) is 0 Å². The first-order valence-corrected chi connectivity index (χ1v) is 6.68. The predicted octanol–water partition coefficient (Wildman–Crippen LogP) is 1.85. The smallest absolute Gasteiger partial charge is 0.344 e. The van der Waals surface area contributed by atoms with Crippen LogP contribution in [0.3, 0.4) is 0 Å². The molecule has 126 valence electrons. The van der Waals surface area contributed by atoms with E-state index in [0.29, 0.717) is 5.82 Å².